The maximum atomic E-state index is 11.8. The van der Waals surface area contributed by atoms with E-state index in [4.69, 9.17) is 4.74 Å². The van der Waals surface area contributed by atoms with E-state index in [0.29, 0.717) is 25.1 Å². The molecule has 0 aromatic heterocycles. The van der Waals surface area contributed by atoms with Gasteiger partial charge >= 0.3 is 5.97 Å². The van der Waals surface area contributed by atoms with Gasteiger partial charge in [-0.2, -0.15) is 0 Å². The van der Waals surface area contributed by atoms with E-state index in [2.05, 4.69) is 5.32 Å². The Kier molecular flexibility index (Phi) is 6.36. The van der Waals surface area contributed by atoms with Crippen molar-refractivity contribution in [3.8, 4) is 0 Å². The number of hydrogen-bond donors (Lipinski definition) is 1. The summed E-state index contributed by atoms with van der Waals surface area (Å²) in [6.45, 7) is 2.43. The standard InChI is InChI=1S/C14H19NO5S/c1-3-20-13(16)5-4-10-15-14(17)11-6-8-12(9-7-11)21(2,18)19/h6-9H,3-5,10H2,1-2H3,(H,15,17). The molecule has 0 atom stereocenters. The van der Waals surface area contributed by atoms with Crippen LogP contribution in [0.3, 0.4) is 0 Å². The zero-order valence-corrected chi connectivity index (χ0v) is 12.9. The van der Waals surface area contributed by atoms with Crippen molar-refractivity contribution in [2.45, 2.75) is 24.7 Å². The molecule has 1 rings (SSSR count). The van der Waals surface area contributed by atoms with Gasteiger partial charge in [-0.1, -0.05) is 0 Å². The van der Waals surface area contributed by atoms with Crippen molar-refractivity contribution < 1.29 is 22.7 Å². The smallest absolute Gasteiger partial charge is 0.305 e. The molecular weight excluding hydrogens is 294 g/mol. The molecule has 0 spiro atoms. The van der Waals surface area contributed by atoms with Crippen molar-refractivity contribution in [3.05, 3.63) is 29.8 Å². The highest BCUT2D eigenvalue weighted by Crippen LogP contribution is 2.10. The number of benzene rings is 1. The van der Waals surface area contributed by atoms with Crippen LogP contribution in [0.2, 0.25) is 0 Å². The van der Waals surface area contributed by atoms with Gasteiger partial charge < -0.3 is 10.1 Å². The maximum absolute atomic E-state index is 11.8. The van der Waals surface area contributed by atoms with Gasteiger partial charge in [-0.05, 0) is 37.6 Å². The normalized spacial score (nSPS) is 11.0. The van der Waals surface area contributed by atoms with E-state index in [0.717, 1.165) is 6.26 Å². The minimum Gasteiger partial charge on any atom is -0.466 e. The first-order valence-electron chi connectivity index (χ1n) is 6.58. The van der Waals surface area contributed by atoms with Crippen LogP contribution in [0.5, 0.6) is 0 Å². The monoisotopic (exact) mass is 313 g/mol. The van der Waals surface area contributed by atoms with Crippen molar-refractivity contribution in [1.29, 1.82) is 0 Å². The number of ether oxygens (including phenoxy) is 1. The molecule has 0 aliphatic heterocycles. The minimum absolute atomic E-state index is 0.168. The lowest BCUT2D eigenvalue weighted by atomic mass is 10.2. The third-order valence-electron chi connectivity index (χ3n) is 2.69. The predicted octanol–water partition coefficient (Wildman–Crippen LogP) is 1.16. The van der Waals surface area contributed by atoms with Gasteiger partial charge in [0, 0.05) is 24.8 Å². The summed E-state index contributed by atoms with van der Waals surface area (Å²) in [5.74, 6) is -0.594. The second-order valence-corrected chi connectivity index (χ2v) is 6.48. The van der Waals surface area contributed by atoms with Gasteiger partial charge in [0.15, 0.2) is 9.84 Å². The van der Waals surface area contributed by atoms with Crippen LogP contribution in [0.25, 0.3) is 0 Å². The van der Waals surface area contributed by atoms with Crippen molar-refractivity contribution in [1.82, 2.24) is 5.32 Å². The highest BCUT2D eigenvalue weighted by atomic mass is 32.2. The van der Waals surface area contributed by atoms with E-state index in [1.807, 2.05) is 0 Å². The molecule has 1 aromatic rings. The first-order valence-corrected chi connectivity index (χ1v) is 8.47. The van der Waals surface area contributed by atoms with Crippen LogP contribution >= 0.6 is 0 Å². The molecule has 116 valence electrons. The lowest BCUT2D eigenvalue weighted by molar-refractivity contribution is -0.143. The number of esters is 1. The maximum Gasteiger partial charge on any atom is 0.305 e. The average molecular weight is 313 g/mol. The van der Waals surface area contributed by atoms with E-state index in [1.54, 1.807) is 6.92 Å². The summed E-state index contributed by atoms with van der Waals surface area (Å²) in [5, 5.41) is 2.66. The van der Waals surface area contributed by atoms with Crippen LogP contribution in [0.4, 0.5) is 0 Å². The Labute approximate surface area is 124 Å². The third kappa shape index (κ3) is 5.95. The Bertz CT molecular complexity index is 592. The fourth-order valence-electron chi connectivity index (χ4n) is 1.62. The second kappa shape index (κ2) is 7.78. The zero-order valence-electron chi connectivity index (χ0n) is 12.1. The quantitative estimate of drug-likeness (QED) is 0.603. The number of amides is 1. The molecule has 1 aromatic carbocycles. The van der Waals surface area contributed by atoms with Crippen molar-refractivity contribution >= 4 is 21.7 Å². The lowest BCUT2D eigenvalue weighted by Crippen LogP contribution is -2.25. The fourth-order valence-corrected chi connectivity index (χ4v) is 2.25. The van der Waals surface area contributed by atoms with Gasteiger partial charge in [0.1, 0.15) is 0 Å². The van der Waals surface area contributed by atoms with Crippen molar-refractivity contribution in [2.75, 3.05) is 19.4 Å². The topological polar surface area (TPSA) is 89.5 Å². The molecule has 0 unspecified atom stereocenters. The first-order chi connectivity index (χ1) is 9.84. The van der Waals surface area contributed by atoms with Crippen LogP contribution in [-0.4, -0.2) is 39.7 Å². The molecule has 0 fully saturated rings. The molecule has 7 heteroatoms. The highest BCUT2D eigenvalue weighted by Gasteiger charge is 2.09. The molecule has 0 saturated heterocycles. The summed E-state index contributed by atoms with van der Waals surface area (Å²) in [6.07, 6.45) is 1.85. The first kappa shape index (κ1) is 17.2. The molecular formula is C14H19NO5S. The molecule has 0 radical (unpaired) electrons. The van der Waals surface area contributed by atoms with Gasteiger partial charge in [-0.3, -0.25) is 9.59 Å². The van der Waals surface area contributed by atoms with Gasteiger partial charge in [0.25, 0.3) is 5.91 Å². The summed E-state index contributed by atoms with van der Waals surface area (Å²) in [6, 6.07) is 5.69. The van der Waals surface area contributed by atoms with E-state index < -0.39 is 9.84 Å². The van der Waals surface area contributed by atoms with Gasteiger partial charge in [0.2, 0.25) is 0 Å². The van der Waals surface area contributed by atoms with E-state index in [1.165, 1.54) is 24.3 Å². The van der Waals surface area contributed by atoms with Crippen LogP contribution in [-0.2, 0) is 19.4 Å². The summed E-state index contributed by atoms with van der Waals surface area (Å²) >= 11 is 0. The Morgan fingerprint density at radius 2 is 1.81 bits per heavy atom. The minimum atomic E-state index is -3.26. The molecule has 21 heavy (non-hydrogen) atoms. The molecule has 0 aliphatic rings. The van der Waals surface area contributed by atoms with Crippen molar-refractivity contribution in [3.63, 3.8) is 0 Å². The Morgan fingerprint density at radius 1 is 1.19 bits per heavy atom. The zero-order chi connectivity index (χ0) is 15.9. The van der Waals surface area contributed by atoms with Crippen molar-refractivity contribution in [2.24, 2.45) is 0 Å². The second-order valence-electron chi connectivity index (χ2n) is 4.46. The largest absolute Gasteiger partial charge is 0.466 e. The van der Waals surface area contributed by atoms with E-state index in [-0.39, 0.29) is 23.2 Å². The number of sulfone groups is 1. The van der Waals surface area contributed by atoms with Gasteiger partial charge in [-0.25, -0.2) is 8.42 Å². The van der Waals surface area contributed by atoms with Crippen LogP contribution in [0.1, 0.15) is 30.1 Å². The number of nitrogens with one attached hydrogen (secondary N) is 1. The van der Waals surface area contributed by atoms with Gasteiger partial charge in [0.05, 0.1) is 11.5 Å². The Morgan fingerprint density at radius 3 is 2.33 bits per heavy atom. The summed E-state index contributed by atoms with van der Waals surface area (Å²) in [7, 11) is -3.26. The Balaban J connectivity index is 2.44. The van der Waals surface area contributed by atoms with Gasteiger partial charge in [-0.15, -0.1) is 0 Å². The van der Waals surface area contributed by atoms with E-state index >= 15 is 0 Å². The van der Waals surface area contributed by atoms with E-state index in [9.17, 15) is 18.0 Å². The SMILES string of the molecule is CCOC(=O)CCCNC(=O)c1ccc(S(C)(=O)=O)cc1. The van der Waals surface area contributed by atoms with Crippen LogP contribution in [0, 0.1) is 0 Å². The number of carbonyl (C=O) groups is 2. The predicted molar refractivity (Wildman–Crippen MR) is 77.8 cm³/mol. The summed E-state index contributed by atoms with van der Waals surface area (Å²) in [5.41, 5.74) is 0.374. The Hall–Kier alpha value is -1.89. The lowest BCUT2D eigenvalue weighted by Gasteiger charge is -2.06. The number of rotatable bonds is 7. The van der Waals surface area contributed by atoms with Crippen LogP contribution < -0.4 is 5.32 Å². The molecule has 1 N–H and O–H groups in total. The molecule has 0 saturated carbocycles. The summed E-state index contributed by atoms with van der Waals surface area (Å²) in [4.78, 5) is 23.1. The number of hydrogen-bond acceptors (Lipinski definition) is 5. The molecule has 0 aliphatic carbocycles. The third-order valence-corrected chi connectivity index (χ3v) is 3.82. The average Bonchev–Trinajstić information content (AvgIpc) is 2.43. The molecule has 6 nitrogen and oxygen atoms in total. The summed E-state index contributed by atoms with van der Waals surface area (Å²) < 4.78 is 27.4. The molecule has 1 amide bonds. The highest BCUT2D eigenvalue weighted by molar-refractivity contribution is 7.90. The molecule has 0 bridgehead atoms. The number of carbonyl (C=O) groups excluding carboxylic acids is 2. The molecule has 0 heterocycles. The van der Waals surface area contributed by atoms with Crippen LogP contribution in [0.15, 0.2) is 29.2 Å². The fraction of sp³-hybridized carbons (Fsp3) is 0.429.